The van der Waals surface area contributed by atoms with Crippen molar-refractivity contribution >= 4 is 5.97 Å². The highest BCUT2D eigenvalue weighted by molar-refractivity contribution is 5.66. The molecule has 3 nitrogen and oxygen atoms in total. The van der Waals surface area contributed by atoms with Crippen molar-refractivity contribution in [3.05, 3.63) is 0 Å². The molecule has 0 spiro atoms. The number of carbonyl (C=O) groups excluding carboxylic acids is 1. The Hall–Kier alpha value is -0.640. The van der Waals surface area contributed by atoms with E-state index in [-0.39, 0.29) is 0 Å². The number of hydrogen-bond acceptors (Lipinski definition) is 3. The predicted octanol–water partition coefficient (Wildman–Crippen LogP) is 7.10. The molecule has 0 unspecified atom stereocenters. The third-order valence-corrected chi connectivity index (χ3v) is 11.3. The van der Waals surface area contributed by atoms with Crippen molar-refractivity contribution in [2.24, 2.45) is 46.3 Å². The van der Waals surface area contributed by atoms with Crippen molar-refractivity contribution in [1.82, 2.24) is 0 Å². The van der Waals surface area contributed by atoms with E-state index in [1.165, 1.54) is 45.4 Å². The van der Waals surface area contributed by atoms with Crippen molar-refractivity contribution in [2.75, 3.05) is 0 Å². The third kappa shape index (κ3) is 4.08. The summed E-state index contributed by atoms with van der Waals surface area (Å²) in [5, 5.41) is 11.0. The van der Waals surface area contributed by atoms with Gasteiger partial charge in [0.1, 0.15) is 17.9 Å². The van der Waals surface area contributed by atoms with E-state index in [0.717, 1.165) is 30.6 Å². The van der Waals surface area contributed by atoms with Crippen LogP contribution in [0.5, 0.6) is 0 Å². The molecule has 0 aromatic heterocycles. The lowest BCUT2D eigenvalue weighted by Crippen LogP contribution is -2.67. The monoisotopic (exact) mass is 464 g/mol. The van der Waals surface area contributed by atoms with Gasteiger partial charge in [-0.2, -0.15) is 0 Å². The lowest BCUT2D eigenvalue weighted by Gasteiger charge is -2.64. The summed E-state index contributed by atoms with van der Waals surface area (Å²) in [6.07, 6.45) is 9.58. The number of carbonyl (C=O) groups is 1. The van der Waals surface area contributed by atoms with Gasteiger partial charge >= 0.3 is 5.97 Å². The van der Waals surface area contributed by atoms with E-state index in [1.807, 2.05) is 0 Å². The van der Waals surface area contributed by atoms with Crippen LogP contribution in [0.4, 0.5) is 4.39 Å². The molecular weight excluding hydrogens is 415 g/mol. The summed E-state index contributed by atoms with van der Waals surface area (Å²) in [6.45, 7) is 13.2. The summed E-state index contributed by atoms with van der Waals surface area (Å²) < 4.78 is 22.0. The first kappa shape index (κ1) is 25.5. The second-order valence-corrected chi connectivity index (χ2v) is 13.4. The molecule has 4 aliphatic carbocycles. The van der Waals surface area contributed by atoms with Gasteiger partial charge in [-0.05, 0) is 92.3 Å². The van der Waals surface area contributed by atoms with Crippen LogP contribution >= 0.6 is 0 Å². The molecule has 1 N–H and O–H groups in total. The first-order chi connectivity index (χ1) is 15.4. The molecule has 0 amide bonds. The predicted molar refractivity (Wildman–Crippen MR) is 130 cm³/mol. The second-order valence-electron chi connectivity index (χ2n) is 13.4. The zero-order valence-electron chi connectivity index (χ0n) is 22.0. The van der Waals surface area contributed by atoms with E-state index in [4.69, 9.17) is 4.74 Å². The molecule has 0 bridgehead atoms. The molecule has 4 fully saturated rings. The number of aliphatic hydroxyl groups excluding tert-OH is 1. The summed E-state index contributed by atoms with van der Waals surface area (Å²) in [4.78, 5) is 11.5. The van der Waals surface area contributed by atoms with Crippen LogP contribution in [0, 0.1) is 46.3 Å². The van der Waals surface area contributed by atoms with Gasteiger partial charge in [0, 0.05) is 12.3 Å². The molecule has 0 aromatic rings. The number of rotatable bonds is 6. The highest BCUT2D eigenvalue weighted by Crippen LogP contribution is 2.70. The maximum atomic E-state index is 16.7. The number of ether oxygens (including phenoxy) is 1. The van der Waals surface area contributed by atoms with E-state index < -0.39 is 29.3 Å². The minimum atomic E-state index is -1.65. The largest absolute Gasteiger partial charge is 0.460 e. The van der Waals surface area contributed by atoms with Crippen molar-refractivity contribution in [3.8, 4) is 0 Å². The Morgan fingerprint density at radius 3 is 2.39 bits per heavy atom. The standard InChI is InChI=1S/C29H49FO3/c1-18(2)8-7-9-19(3)22-10-11-23-21-12-17-29(30)26(32)25(33-20(4)31)14-16-28(29,6)24(21)13-15-27(22,23)5/h18-19,21-26,32H,7-17H2,1-6H3/t19-,21+,22-,23+,24+,25+,26+,27-,28-,29-/m1/s1. The molecule has 190 valence electrons. The van der Waals surface area contributed by atoms with Crippen LogP contribution in [0.1, 0.15) is 112 Å². The van der Waals surface area contributed by atoms with Gasteiger partial charge in [-0.15, -0.1) is 0 Å². The molecule has 4 saturated carbocycles. The summed E-state index contributed by atoms with van der Waals surface area (Å²) in [5.41, 5.74) is -1.78. The van der Waals surface area contributed by atoms with E-state index in [1.54, 1.807) is 0 Å². The van der Waals surface area contributed by atoms with Gasteiger partial charge in [0.2, 0.25) is 0 Å². The van der Waals surface area contributed by atoms with Crippen molar-refractivity contribution in [1.29, 1.82) is 0 Å². The molecule has 4 rings (SSSR count). The summed E-state index contributed by atoms with van der Waals surface area (Å²) >= 11 is 0. The second kappa shape index (κ2) is 9.10. The molecule has 0 radical (unpaired) electrons. The Morgan fingerprint density at radius 2 is 1.73 bits per heavy atom. The minimum Gasteiger partial charge on any atom is -0.460 e. The van der Waals surface area contributed by atoms with Crippen molar-refractivity contribution in [2.45, 2.75) is 130 Å². The minimum absolute atomic E-state index is 0.331. The lowest BCUT2D eigenvalue weighted by atomic mass is 9.43. The number of aliphatic hydroxyl groups is 1. The fourth-order valence-electron chi connectivity index (χ4n) is 9.59. The summed E-state index contributed by atoms with van der Waals surface area (Å²) in [7, 11) is 0. The molecule has 0 heterocycles. The fourth-order valence-corrected chi connectivity index (χ4v) is 9.59. The number of esters is 1. The van der Waals surface area contributed by atoms with Gasteiger partial charge in [-0.1, -0.05) is 53.9 Å². The molecule has 4 aliphatic rings. The SMILES string of the molecule is CC(=O)O[C@H]1CC[C@]2(C)[C@H]3CC[C@]4(C)[C@@H]([C@H](C)CCCC(C)C)CC[C@H]4[C@@H]3CC[C@@]2(F)[C@H]1O. The molecule has 10 atom stereocenters. The summed E-state index contributed by atoms with van der Waals surface area (Å²) in [5.74, 6) is 3.53. The maximum absolute atomic E-state index is 16.7. The van der Waals surface area contributed by atoms with Crippen molar-refractivity contribution < 1.29 is 19.0 Å². The third-order valence-electron chi connectivity index (χ3n) is 11.3. The zero-order chi connectivity index (χ0) is 24.2. The van der Waals surface area contributed by atoms with Gasteiger partial charge in [-0.3, -0.25) is 4.79 Å². The smallest absolute Gasteiger partial charge is 0.302 e. The Kier molecular flexibility index (Phi) is 7.02. The molecule has 0 aromatic carbocycles. The van der Waals surface area contributed by atoms with Crippen LogP contribution < -0.4 is 0 Å². The van der Waals surface area contributed by atoms with Gasteiger partial charge in [-0.25, -0.2) is 4.39 Å². The Bertz CT molecular complexity index is 724. The van der Waals surface area contributed by atoms with Crippen LogP contribution in [0.3, 0.4) is 0 Å². The van der Waals surface area contributed by atoms with Crippen molar-refractivity contribution in [3.63, 3.8) is 0 Å². The van der Waals surface area contributed by atoms with Gasteiger partial charge in [0.25, 0.3) is 0 Å². The number of alkyl halides is 1. The highest BCUT2D eigenvalue weighted by atomic mass is 19.1. The number of fused-ring (bicyclic) bond motifs is 5. The normalized spacial score (nSPS) is 48.0. The topological polar surface area (TPSA) is 46.5 Å². The first-order valence-corrected chi connectivity index (χ1v) is 14.0. The van der Waals surface area contributed by atoms with E-state index in [2.05, 4.69) is 34.6 Å². The zero-order valence-corrected chi connectivity index (χ0v) is 22.0. The van der Waals surface area contributed by atoms with E-state index in [9.17, 15) is 9.90 Å². The molecule has 0 aliphatic heterocycles. The van der Waals surface area contributed by atoms with Gasteiger partial charge < -0.3 is 9.84 Å². The van der Waals surface area contributed by atoms with Crippen LogP contribution in [0.2, 0.25) is 0 Å². The Morgan fingerprint density at radius 1 is 1.00 bits per heavy atom. The van der Waals surface area contributed by atoms with Crippen LogP contribution in [-0.2, 0) is 9.53 Å². The number of hydrogen-bond donors (Lipinski definition) is 1. The summed E-state index contributed by atoms with van der Waals surface area (Å²) in [6, 6.07) is 0. The fraction of sp³-hybridized carbons (Fsp3) is 0.966. The molecule has 4 heteroatoms. The Balaban J connectivity index is 1.50. The molecule has 0 saturated heterocycles. The van der Waals surface area contributed by atoms with Crippen LogP contribution in [0.15, 0.2) is 0 Å². The van der Waals surface area contributed by atoms with Crippen LogP contribution in [0.25, 0.3) is 0 Å². The lowest BCUT2D eigenvalue weighted by molar-refractivity contribution is -0.240. The molecular formula is C29H49FO3. The first-order valence-electron chi connectivity index (χ1n) is 14.0. The van der Waals surface area contributed by atoms with Gasteiger partial charge in [0.15, 0.2) is 0 Å². The highest BCUT2D eigenvalue weighted by Gasteiger charge is 2.68. The Labute approximate surface area is 201 Å². The molecule has 33 heavy (non-hydrogen) atoms. The maximum Gasteiger partial charge on any atom is 0.302 e. The van der Waals surface area contributed by atoms with E-state index >= 15 is 4.39 Å². The average molecular weight is 465 g/mol. The number of halogens is 1. The van der Waals surface area contributed by atoms with E-state index in [0.29, 0.717) is 42.4 Å². The van der Waals surface area contributed by atoms with Gasteiger partial charge in [0.05, 0.1) is 0 Å². The quantitative estimate of drug-likeness (QED) is 0.426. The average Bonchev–Trinajstić information content (AvgIpc) is 3.09. The van der Waals surface area contributed by atoms with Crippen LogP contribution in [-0.4, -0.2) is 29.0 Å².